The Kier molecular flexibility index (Phi) is 3.27. The fourth-order valence-electron chi connectivity index (χ4n) is 2.02. The fraction of sp³-hybridized carbons (Fsp3) is 0.385. The van der Waals surface area contributed by atoms with Crippen LogP contribution in [0.25, 0.3) is 0 Å². The molecule has 0 aromatic heterocycles. The Labute approximate surface area is 99.0 Å². The number of rotatable bonds is 2. The topological polar surface area (TPSA) is 20.2 Å². The first-order valence-corrected chi connectivity index (χ1v) is 6.12. The molecule has 0 radical (unpaired) electrons. The molecule has 0 fully saturated rings. The maximum atomic E-state index is 10.3. The van der Waals surface area contributed by atoms with E-state index in [9.17, 15) is 5.11 Å². The summed E-state index contributed by atoms with van der Waals surface area (Å²) in [5.74, 6) is 0. The summed E-state index contributed by atoms with van der Waals surface area (Å²) in [5, 5.41) is 10.3. The molecular formula is C13H15BrO. The zero-order valence-electron chi connectivity index (χ0n) is 8.62. The maximum Gasteiger partial charge on any atom is 0.0867 e. The highest BCUT2D eigenvalue weighted by molar-refractivity contribution is 9.10. The van der Waals surface area contributed by atoms with Gasteiger partial charge in [-0.15, -0.1) is 0 Å². The molecule has 0 amide bonds. The highest BCUT2D eigenvalue weighted by Gasteiger charge is 2.25. The van der Waals surface area contributed by atoms with E-state index in [-0.39, 0.29) is 0 Å². The van der Waals surface area contributed by atoms with Gasteiger partial charge in [-0.25, -0.2) is 0 Å². The number of aliphatic hydroxyl groups is 1. The van der Waals surface area contributed by atoms with Gasteiger partial charge in [0.15, 0.2) is 0 Å². The number of halogens is 1. The molecule has 0 saturated carbocycles. The first kappa shape index (κ1) is 10.9. The second kappa shape index (κ2) is 4.50. The Balaban J connectivity index is 2.10. The molecule has 1 atom stereocenters. The quantitative estimate of drug-likeness (QED) is 0.813. The summed E-state index contributed by atoms with van der Waals surface area (Å²) in [4.78, 5) is 0. The minimum atomic E-state index is -0.619. The van der Waals surface area contributed by atoms with Gasteiger partial charge in [-0.1, -0.05) is 40.2 Å². The van der Waals surface area contributed by atoms with Gasteiger partial charge in [-0.3, -0.25) is 0 Å². The number of benzene rings is 1. The lowest BCUT2D eigenvalue weighted by Gasteiger charge is -2.27. The van der Waals surface area contributed by atoms with E-state index >= 15 is 0 Å². The molecule has 0 bridgehead atoms. The lowest BCUT2D eigenvalue weighted by atomic mass is 9.85. The highest BCUT2D eigenvalue weighted by Crippen LogP contribution is 2.26. The first-order valence-electron chi connectivity index (χ1n) is 5.32. The smallest absolute Gasteiger partial charge is 0.0867 e. The van der Waals surface area contributed by atoms with Crippen molar-refractivity contribution in [1.82, 2.24) is 0 Å². The van der Waals surface area contributed by atoms with Crippen LogP contribution in [0.15, 0.2) is 40.9 Å². The van der Waals surface area contributed by atoms with Gasteiger partial charge in [0.1, 0.15) is 0 Å². The number of allylic oxidation sites excluding steroid dienone is 1. The second-order valence-corrected chi connectivity index (χ2v) is 5.12. The maximum absolute atomic E-state index is 10.3. The van der Waals surface area contributed by atoms with Gasteiger partial charge in [0, 0.05) is 10.9 Å². The summed E-state index contributed by atoms with van der Waals surface area (Å²) in [7, 11) is 0. The fourth-order valence-corrected chi connectivity index (χ4v) is 2.28. The third-order valence-electron chi connectivity index (χ3n) is 2.83. The monoisotopic (exact) mass is 266 g/mol. The highest BCUT2D eigenvalue weighted by atomic mass is 79.9. The van der Waals surface area contributed by atoms with Gasteiger partial charge < -0.3 is 5.11 Å². The third kappa shape index (κ3) is 2.93. The Morgan fingerprint density at radius 1 is 1.27 bits per heavy atom. The molecule has 1 N–H and O–H groups in total. The van der Waals surface area contributed by atoms with Gasteiger partial charge in [-0.2, -0.15) is 0 Å². The molecule has 15 heavy (non-hydrogen) atoms. The SMILES string of the molecule is OC1(Cc2ccc(Br)cc2)C=CCCC1. The lowest BCUT2D eigenvalue weighted by molar-refractivity contribution is 0.0751. The van der Waals surface area contributed by atoms with Crippen molar-refractivity contribution < 1.29 is 5.11 Å². The van der Waals surface area contributed by atoms with Crippen molar-refractivity contribution in [3.05, 3.63) is 46.5 Å². The van der Waals surface area contributed by atoms with Crippen LogP contribution in [0.2, 0.25) is 0 Å². The molecule has 1 aliphatic carbocycles. The van der Waals surface area contributed by atoms with E-state index < -0.39 is 5.60 Å². The second-order valence-electron chi connectivity index (χ2n) is 4.20. The van der Waals surface area contributed by atoms with Crippen LogP contribution in [-0.2, 0) is 6.42 Å². The molecule has 1 unspecified atom stereocenters. The van der Waals surface area contributed by atoms with E-state index in [2.05, 4.69) is 34.1 Å². The molecule has 2 rings (SSSR count). The number of hydrogen-bond acceptors (Lipinski definition) is 1. The van der Waals surface area contributed by atoms with Crippen molar-refractivity contribution in [2.75, 3.05) is 0 Å². The van der Waals surface area contributed by atoms with E-state index in [1.807, 2.05) is 18.2 Å². The normalized spacial score (nSPS) is 25.5. The zero-order chi connectivity index (χ0) is 10.7. The molecule has 2 heteroatoms. The summed E-state index contributed by atoms with van der Waals surface area (Å²) in [6.45, 7) is 0. The molecule has 1 aromatic rings. The van der Waals surface area contributed by atoms with Gasteiger partial charge >= 0.3 is 0 Å². The van der Waals surface area contributed by atoms with E-state index in [4.69, 9.17) is 0 Å². The predicted molar refractivity (Wildman–Crippen MR) is 65.8 cm³/mol. The molecular weight excluding hydrogens is 252 g/mol. The van der Waals surface area contributed by atoms with E-state index in [1.165, 1.54) is 5.56 Å². The van der Waals surface area contributed by atoms with Crippen molar-refractivity contribution in [2.45, 2.75) is 31.3 Å². The van der Waals surface area contributed by atoms with Gasteiger partial charge in [0.2, 0.25) is 0 Å². The first-order chi connectivity index (χ1) is 7.18. The standard InChI is InChI=1S/C13H15BrO/c14-12-6-4-11(5-7-12)10-13(15)8-2-1-3-9-13/h2,4-8,15H,1,3,9-10H2. The molecule has 0 heterocycles. The van der Waals surface area contributed by atoms with Crippen molar-refractivity contribution in [1.29, 1.82) is 0 Å². The lowest BCUT2D eigenvalue weighted by Crippen LogP contribution is -2.30. The molecule has 1 aliphatic rings. The predicted octanol–water partition coefficient (Wildman–Crippen LogP) is 3.46. The van der Waals surface area contributed by atoms with Crippen LogP contribution in [0, 0.1) is 0 Å². The molecule has 0 spiro atoms. The molecule has 0 aliphatic heterocycles. The van der Waals surface area contributed by atoms with Crippen molar-refractivity contribution in [3.8, 4) is 0 Å². The van der Waals surface area contributed by atoms with E-state index in [1.54, 1.807) is 0 Å². The van der Waals surface area contributed by atoms with Crippen molar-refractivity contribution in [2.24, 2.45) is 0 Å². The largest absolute Gasteiger partial charge is 0.385 e. The summed E-state index contributed by atoms with van der Waals surface area (Å²) in [5.41, 5.74) is 0.568. The summed E-state index contributed by atoms with van der Waals surface area (Å²) >= 11 is 3.41. The van der Waals surface area contributed by atoms with Crippen molar-refractivity contribution >= 4 is 15.9 Å². The van der Waals surface area contributed by atoms with Crippen molar-refractivity contribution in [3.63, 3.8) is 0 Å². The Bertz CT molecular complexity index is 355. The summed E-state index contributed by atoms with van der Waals surface area (Å²) < 4.78 is 1.08. The minimum absolute atomic E-state index is 0.619. The molecule has 1 nitrogen and oxygen atoms in total. The number of hydrogen-bond donors (Lipinski definition) is 1. The van der Waals surface area contributed by atoms with Crippen LogP contribution in [0.1, 0.15) is 24.8 Å². The van der Waals surface area contributed by atoms with Crippen LogP contribution in [0.3, 0.4) is 0 Å². The average Bonchev–Trinajstić information content (AvgIpc) is 2.22. The molecule has 1 aromatic carbocycles. The van der Waals surface area contributed by atoms with E-state index in [0.717, 1.165) is 30.2 Å². The Morgan fingerprint density at radius 3 is 2.60 bits per heavy atom. The zero-order valence-corrected chi connectivity index (χ0v) is 10.2. The van der Waals surface area contributed by atoms with Crippen LogP contribution in [0.4, 0.5) is 0 Å². The van der Waals surface area contributed by atoms with Gasteiger partial charge in [0.25, 0.3) is 0 Å². The molecule has 0 saturated heterocycles. The Hall–Kier alpha value is -0.600. The minimum Gasteiger partial charge on any atom is -0.385 e. The summed E-state index contributed by atoms with van der Waals surface area (Å²) in [6.07, 6.45) is 7.82. The third-order valence-corrected chi connectivity index (χ3v) is 3.36. The average molecular weight is 267 g/mol. The molecule has 80 valence electrons. The van der Waals surface area contributed by atoms with Crippen LogP contribution < -0.4 is 0 Å². The van der Waals surface area contributed by atoms with E-state index in [0.29, 0.717) is 0 Å². The van der Waals surface area contributed by atoms with Crippen LogP contribution in [-0.4, -0.2) is 10.7 Å². The summed E-state index contributed by atoms with van der Waals surface area (Å²) in [6, 6.07) is 8.16. The van der Waals surface area contributed by atoms with Crippen LogP contribution in [0.5, 0.6) is 0 Å². The van der Waals surface area contributed by atoms with Gasteiger partial charge in [-0.05, 0) is 37.0 Å². The Morgan fingerprint density at radius 2 is 2.00 bits per heavy atom. The van der Waals surface area contributed by atoms with Gasteiger partial charge in [0.05, 0.1) is 5.60 Å². The van der Waals surface area contributed by atoms with Crippen LogP contribution >= 0.6 is 15.9 Å².